The number of benzene rings is 1. The molecule has 0 bridgehead atoms. The number of rotatable bonds is 3. The van der Waals surface area contributed by atoms with E-state index in [1.54, 1.807) is 0 Å². The van der Waals surface area contributed by atoms with Crippen LogP contribution in [0.2, 0.25) is 0 Å². The zero-order valence-electron chi connectivity index (χ0n) is 15.8. The molecule has 8 nitrogen and oxygen atoms in total. The predicted octanol–water partition coefficient (Wildman–Crippen LogP) is 2.74. The molecule has 158 valence electrons. The number of nitrogen functional groups attached to an aromatic ring is 1. The van der Waals surface area contributed by atoms with Gasteiger partial charge >= 0.3 is 6.18 Å². The zero-order chi connectivity index (χ0) is 21.5. The quantitative estimate of drug-likeness (QED) is 0.704. The van der Waals surface area contributed by atoms with Crippen LogP contribution in [0, 0.1) is 0 Å². The van der Waals surface area contributed by atoms with Crippen molar-refractivity contribution < 1.29 is 22.8 Å². The van der Waals surface area contributed by atoms with Gasteiger partial charge in [0.05, 0.1) is 22.7 Å². The number of hydrogen-bond donors (Lipinski definition) is 3. The molecule has 1 saturated heterocycles. The van der Waals surface area contributed by atoms with Crippen LogP contribution in [0.3, 0.4) is 0 Å². The third kappa shape index (κ3) is 3.74. The first-order chi connectivity index (χ1) is 14.2. The van der Waals surface area contributed by atoms with Gasteiger partial charge < -0.3 is 21.3 Å². The van der Waals surface area contributed by atoms with Crippen LogP contribution in [0.4, 0.5) is 36.4 Å². The molecule has 3 heterocycles. The summed E-state index contributed by atoms with van der Waals surface area (Å²) in [4.78, 5) is 35.6. The Kier molecular flexibility index (Phi) is 4.96. The summed E-state index contributed by atoms with van der Waals surface area (Å²) >= 11 is 0. The maximum atomic E-state index is 13.2. The van der Waals surface area contributed by atoms with Crippen molar-refractivity contribution in [2.24, 2.45) is 0 Å². The number of hydrogen-bond acceptors (Lipinski definition) is 6. The summed E-state index contributed by atoms with van der Waals surface area (Å²) in [7, 11) is 0. The number of nitrogens with one attached hydrogen (secondary N) is 2. The summed E-state index contributed by atoms with van der Waals surface area (Å²) in [6.07, 6.45) is -2.95. The molecule has 1 aromatic carbocycles. The molecular weight excluding hydrogens is 401 g/mol. The smallest absolute Gasteiger partial charge is 0.383 e. The first-order valence-corrected chi connectivity index (χ1v) is 9.43. The fourth-order valence-electron chi connectivity index (χ4n) is 3.73. The molecule has 2 aliphatic rings. The normalized spacial score (nSPS) is 18.7. The molecule has 2 aliphatic heterocycles. The number of nitrogens with two attached hydrogens (primary N) is 1. The Hall–Kier alpha value is -3.37. The largest absolute Gasteiger partial charge is 0.418 e. The number of aromatic nitrogens is 2. The van der Waals surface area contributed by atoms with Crippen LogP contribution in [0.5, 0.6) is 0 Å². The average molecular weight is 420 g/mol. The number of amides is 2. The van der Waals surface area contributed by atoms with Crippen LogP contribution in [0.1, 0.15) is 36.3 Å². The van der Waals surface area contributed by atoms with Gasteiger partial charge in [-0.1, -0.05) is 12.1 Å². The molecule has 0 spiro atoms. The Balaban J connectivity index is 1.66. The number of fused-ring (bicyclic) bond motifs is 1. The van der Waals surface area contributed by atoms with Gasteiger partial charge in [-0.2, -0.15) is 23.1 Å². The summed E-state index contributed by atoms with van der Waals surface area (Å²) < 4.78 is 39.7. The Morgan fingerprint density at radius 2 is 1.90 bits per heavy atom. The second-order valence-electron chi connectivity index (χ2n) is 7.20. The lowest BCUT2D eigenvalue weighted by atomic mass is 9.91. The number of carbonyl (C=O) groups excluding carboxylic acids is 2. The fourth-order valence-corrected chi connectivity index (χ4v) is 3.73. The van der Waals surface area contributed by atoms with Gasteiger partial charge in [-0.25, -0.2) is 0 Å². The molecule has 1 atom stereocenters. The molecule has 4 N–H and O–H groups in total. The Bertz CT molecular complexity index is 1000. The number of anilines is 4. The molecule has 0 unspecified atom stereocenters. The minimum absolute atomic E-state index is 0.0196. The molecule has 11 heteroatoms. The summed E-state index contributed by atoms with van der Waals surface area (Å²) in [5.41, 5.74) is 4.92. The monoisotopic (exact) mass is 420 g/mol. The van der Waals surface area contributed by atoms with Gasteiger partial charge in [-0.05, 0) is 25.0 Å². The van der Waals surface area contributed by atoms with E-state index in [9.17, 15) is 22.8 Å². The van der Waals surface area contributed by atoms with E-state index < -0.39 is 35.2 Å². The van der Waals surface area contributed by atoms with Gasteiger partial charge in [0.2, 0.25) is 17.8 Å². The van der Waals surface area contributed by atoms with Crippen LogP contribution in [-0.2, 0) is 15.8 Å². The first-order valence-electron chi connectivity index (χ1n) is 9.43. The van der Waals surface area contributed by atoms with Crippen molar-refractivity contribution in [3.8, 4) is 0 Å². The number of halogens is 3. The summed E-state index contributed by atoms with van der Waals surface area (Å²) in [6.45, 7) is 1.51. The fraction of sp³-hybridized carbons (Fsp3) is 0.368. The van der Waals surface area contributed by atoms with Gasteiger partial charge in [0.1, 0.15) is 11.6 Å². The number of carbonyl (C=O) groups is 2. The molecule has 0 saturated carbocycles. The maximum Gasteiger partial charge on any atom is 0.418 e. The van der Waals surface area contributed by atoms with E-state index in [-0.39, 0.29) is 23.6 Å². The van der Waals surface area contributed by atoms with Crippen molar-refractivity contribution in [2.45, 2.75) is 31.4 Å². The number of alkyl halides is 3. The van der Waals surface area contributed by atoms with E-state index in [4.69, 9.17) is 5.73 Å². The topological polar surface area (TPSA) is 113 Å². The van der Waals surface area contributed by atoms with E-state index >= 15 is 0 Å². The van der Waals surface area contributed by atoms with E-state index in [1.807, 2.05) is 4.90 Å². The Morgan fingerprint density at radius 1 is 1.20 bits per heavy atom. The van der Waals surface area contributed by atoms with Crippen LogP contribution in [0.25, 0.3) is 0 Å². The van der Waals surface area contributed by atoms with E-state index in [0.717, 1.165) is 38.1 Å². The molecule has 0 radical (unpaired) electrons. The lowest BCUT2D eigenvalue weighted by molar-refractivity contribution is -0.137. The van der Waals surface area contributed by atoms with Crippen molar-refractivity contribution in [3.05, 3.63) is 35.4 Å². The van der Waals surface area contributed by atoms with E-state index in [2.05, 4.69) is 20.6 Å². The van der Waals surface area contributed by atoms with Gasteiger partial charge in [-0.15, -0.1) is 0 Å². The molecular formula is C19H19F3N6O2. The van der Waals surface area contributed by atoms with Gasteiger partial charge in [0.25, 0.3) is 0 Å². The van der Waals surface area contributed by atoms with Crippen molar-refractivity contribution >= 4 is 35.1 Å². The minimum Gasteiger partial charge on any atom is -0.383 e. The highest BCUT2D eigenvalue weighted by Gasteiger charge is 2.38. The molecule has 1 fully saturated rings. The van der Waals surface area contributed by atoms with E-state index in [1.165, 1.54) is 12.1 Å². The van der Waals surface area contributed by atoms with Gasteiger partial charge in [-0.3, -0.25) is 9.59 Å². The number of para-hydroxylation sites is 1. The van der Waals surface area contributed by atoms with Crippen LogP contribution < -0.4 is 21.3 Å². The summed E-state index contributed by atoms with van der Waals surface area (Å²) in [5, 5.41) is 4.88. The SMILES string of the molecule is Nc1nc(N2CCCC2)nc2c1[C@H](C(=O)Nc1ccccc1C(F)(F)F)CC(=O)N2. The van der Waals surface area contributed by atoms with Crippen LogP contribution in [0.15, 0.2) is 24.3 Å². The Labute approximate surface area is 169 Å². The zero-order valence-corrected chi connectivity index (χ0v) is 15.8. The van der Waals surface area contributed by atoms with E-state index in [0.29, 0.717) is 5.95 Å². The third-order valence-corrected chi connectivity index (χ3v) is 5.15. The molecule has 1 aromatic heterocycles. The highest BCUT2D eigenvalue weighted by atomic mass is 19.4. The van der Waals surface area contributed by atoms with Crippen LogP contribution in [-0.4, -0.2) is 34.9 Å². The maximum absolute atomic E-state index is 13.2. The highest BCUT2D eigenvalue weighted by molar-refractivity contribution is 6.05. The predicted molar refractivity (Wildman–Crippen MR) is 104 cm³/mol. The second-order valence-corrected chi connectivity index (χ2v) is 7.20. The highest BCUT2D eigenvalue weighted by Crippen LogP contribution is 2.39. The summed E-state index contributed by atoms with van der Waals surface area (Å²) in [6, 6.07) is 4.64. The average Bonchev–Trinajstić information content (AvgIpc) is 3.21. The minimum atomic E-state index is -4.64. The standard InChI is InChI=1S/C19H19F3N6O2/c20-19(21,22)11-5-1-2-6-12(11)24-17(30)10-9-13(29)25-16-14(10)15(23)26-18(27-16)28-7-3-4-8-28/h1-2,5-6,10H,3-4,7-9H2,(H,24,30)(H3,23,25,26,27,29)/t10-/m1/s1. The molecule has 2 amide bonds. The van der Waals surface area contributed by atoms with Crippen molar-refractivity contribution in [3.63, 3.8) is 0 Å². The Morgan fingerprint density at radius 3 is 2.60 bits per heavy atom. The van der Waals surface area contributed by atoms with Crippen molar-refractivity contribution in [2.75, 3.05) is 34.4 Å². The summed E-state index contributed by atoms with van der Waals surface area (Å²) in [5.74, 6) is -1.88. The van der Waals surface area contributed by atoms with Crippen LogP contribution >= 0.6 is 0 Å². The third-order valence-electron chi connectivity index (χ3n) is 5.15. The molecule has 30 heavy (non-hydrogen) atoms. The number of nitrogens with zero attached hydrogens (tertiary/aromatic N) is 3. The lowest BCUT2D eigenvalue weighted by Gasteiger charge is -2.27. The first kappa shape index (κ1) is 19.9. The van der Waals surface area contributed by atoms with Crippen molar-refractivity contribution in [1.82, 2.24) is 9.97 Å². The van der Waals surface area contributed by atoms with Crippen molar-refractivity contribution in [1.29, 1.82) is 0 Å². The molecule has 4 rings (SSSR count). The lowest BCUT2D eigenvalue weighted by Crippen LogP contribution is -2.33. The molecule has 0 aliphatic carbocycles. The van der Waals surface area contributed by atoms with Gasteiger partial charge in [0.15, 0.2) is 0 Å². The molecule has 2 aromatic rings. The van der Waals surface area contributed by atoms with Gasteiger partial charge in [0, 0.05) is 19.5 Å². The second kappa shape index (κ2) is 7.47.